The monoisotopic (exact) mass is 354 g/mol. The van der Waals surface area contributed by atoms with Crippen LogP contribution in [0.4, 0.5) is 5.82 Å². The highest BCUT2D eigenvalue weighted by atomic mass is 35.5. The average Bonchev–Trinajstić information content (AvgIpc) is 2.96. The summed E-state index contributed by atoms with van der Waals surface area (Å²) in [6.45, 7) is 2.33. The zero-order chi connectivity index (χ0) is 15.8. The topological polar surface area (TPSA) is 95.2 Å². The van der Waals surface area contributed by atoms with Crippen molar-refractivity contribution >= 4 is 18.2 Å². The van der Waals surface area contributed by atoms with Gasteiger partial charge in [0, 0.05) is 31.8 Å². The van der Waals surface area contributed by atoms with Crippen molar-refractivity contribution in [3.05, 3.63) is 24.0 Å². The zero-order valence-corrected chi connectivity index (χ0v) is 14.5. The molecule has 2 fully saturated rings. The van der Waals surface area contributed by atoms with Crippen molar-refractivity contribution in [3.63, 3.8) is 0 Å². The highest BCUT2D eigenvalue weighted by Gasteiger charge is 2.34. The molecular weight excluding hydrogens is 332 g/mol. The van der Waals surface area contributed by atoms with E-state index in [1.165, 1.54) is 12.8 Å². The van der Waals surface area contributed by atoms with E-state index >= 15 is 0 Å². The fourth-order valence-corrected chi connectivity index (χ4v) is 3.20. The Morgan fingerprint density at radius 1 is 1.42 bits per heavy atom. The first kappa shape index (κ1) is 17.2. The average molecular weight is 355 g/mol. The second-order valence-corrected chi connectivity index (χ2v) is 6.46. The number of nitrogens with two attached hydrogens (primary N) is 1. The van der Waals surface area contributed by atoms with Crippen molar-refractivity contribution in [2.24, 2.45) is 0 Å². The van der Waals surface area contributed by atoms with Gasteiger partial charge in [-0.25, -0.2) is 0 Å². The van der Waals surface area contributed by atoms with Crippen LogP contribution in [-0.2, 0) is 17.8 Å². The predicted molar refractivity (Wildman–Crippen MR) is 89.8 cm³/mol. The van der Waals surface area contributed by atoms with Gasteiger partial charge >= 0.3 is 0 Å². The Balaban J connectivity index is 0.00000169. The second-order valence-electron chi connectivity index (χ2n) is 6.46. The summed E-state index contributed by atoms with van der Waals surface area (Å²) < 4.78 is 12.8. The molecule has 132 valence electrons. The quantitative estimate of drug-likeness (QED) is 0.838. The molecule has 24 heavy (non-hydrogen) atoms. The number of halogens is 1. The summed E-state index contributed by atoms with van der Waals surface area (Å²) in [6.07, 6.45) is 5.43. The molecule has 0 aromatic carbocycles. The number of aromatic nitrogens is 4. The van der Waals surface area contributed by atoms with Gasteiger partial charge in [-0.05, 0) is 25.3 Å². The Labute approximate surface area is 146 Å². The van der Waals surface area contributed by atoms with Crippen LogP contribution in [0.15, 0.2) is 16.8 Å². The van der Waals surface area contributed by atoms with Gasteiger partial charge in [-0.3, -0.25) is 9.58 Å². The molecule has 1 aliphatic carbocycles. The fraction of sp³-hybridized carbons (Fsp3) is 0.667. The predicted octanol–water partition coefficient (Wildman–Crippen LogP) is 1.44. The van der Waals surface area contributed by atoms with E-state index in [4.69, 9.17) is 15.0 Å². The number of nitrogens with zero attached hydrogens (tertiary/aromatic N) is 5. The number of hydrogen-bond donors (Lipinski definition) is 1. The molecule has 1 aliphatic heterocycles. The molecule has 0 amide bonds. The van der Waals surface area contributed by atoms with Crippen LogP contribution in [0.2, 0.25) is 0 Å². The Bertz CT molecular complexity index is 670. The van der Waals surface area contributed by atoms with Crippen LogP contribution in [0.25, 0.3) is 0 Å². The molecule has 2 atom stereocenters. The largest absolute Gasteiger partial charge is 0.382 e. The van der Waals surface area contributed by atoms with E-state index in [0.717, 1.165) is 31.2 Å². The van der Waals surface area contributed by atoms with Gasteiger partial charge in [-0.2, -0.15) is 10.1 Å². The third-order valence-corrected chi connectivity index (χ3v) is 4.64. The lowest BCUT2D eigenvalue weighted by Crippen LogP contribution is -2.33. The van der Waals surface area contributed by atoms with Crippen molar-refractivity contribution in [2.45, 2.75) is 50.4 Å². The molecule has 9 heteroatoms. The van der Waals surface area contributed by atoms with Crippen LogP contribution in [0.1, 0.15) is 36.9 Å². The molecule has 1 saturated heterocycles. The Morgan fingerprint density at radius 2 is 2.25 bits per heavy atom. The van der Waals surface area contributed by atoms with E-state index in [1.54, 1.807) is 7.11 Å². The van der Waals surface area contributed by atoms with Crippen molar-refractivity contribution in [1.82, 2.24) is 24.8 Å². The first-order chi connectivity index (χ1) is 11.2. The Kier molecular flexibility index (Phi) is 5.07. The first-order valence-corrected chi connectivity index (χ1v) is 8.09. The molecule has 0 bridgehead atoms. The highest BCUT2D eigenvalue weighted by molar-refractivity contribution is 5.85. The van der Waals surface area contributed by atoms with E-state index < -0.39 is 0 Å². The molecule has 4 rings (SSSR count). The lowest BCUT2D eigenvalue weighted by molar-refractivity contribution is 0.106. The second kappa shape index (κ2) is 7.08. The van der Waals surface area contributed by atoms with Crippen molar-refractivity contribution in [1.29, 1.82) is 0 Å². The highest BCUT2D eigenvalue weighted by Crippen LogP contribution is 2.39. The number of anilines is 1. The molecule has 0 spiro atoms. The van der Waals surface area contributed by atoms with Crippen LogP contribution >= 0.6 is 12.4 Å². The van der Waals surface area contributed by atoms with Crippen LogP contribution in [0.3, 0.4) is 0 Å². The number of nitrogen functional groups attached to an aromatic ring is 1. The van der Waals surface area contributed by atoms with Gasteiger partial charge in [0.05, 0.1) is 19.2 Å². The molecule has 1 saturated carbocycles. The minimum atomic E-state index is 0. The van der Waals surface area contributed by atoms with E-state index in [0.29, 0.717) is 24.3 Å². The lowest BCUT2D eigenvalue weighted by atomic mass is 10.2. The third kappa shape index (κ3) is 3.71. The SMILES string of the molecule is CO[C@H]1C[C@@H](Cn2ccc(N)n2)N(Cc2noc(C3CC3)n2)C1.Cl. The number of methoxy groups -OCH3 is 1. The van der Waals surface area contributed by atoms with Gasteiger partial charge in [-0.1, -0.05) is 5.16 Å². The smallest absolute Gasteiger partial charge is 0.229 e. The number of likely N-dealkylation sites (tertiary alicyclic amines) is 1. The number of hydrogen-bond acceptors (Lipinski definition) is 7. The molecule has 2 aromatic rings. The van der Waals surface area contributed by atoms with E-state index in [1.807, 2.05) is 16.9 Å². The van der Waals surface area contributed by atoms with Gasteiger partial charge in [0.2, 0.25) is 5.89 Å². The summed E-state index contributed by atoms with van der Waals surface area (Å²) in [4.78, 5) is 6.87. The van der Waals surface area contributed by atoms with Crippen molar-refractivity contribution < 1.29 is 9.26 Å². The standard InChI is InChI=1S/C15H22N6O2.ClH/c1-22-12-6-11(7-21-5-4-13(16)18-21)20(8-12)9-14-17-15(23-19-14)10-2-3-10;/h4-5,10-12H,2-3,6-9H2,1H3,(H2,16,18);1H/t11-,12-;/m0./s1. The van der Waals surface area contributed by atoms with E-state index in [-0.39, 0.29) is 18.5 Å². The molecule has 8 nitrogen and oxygen atoms in total. The fourth-order valence-electron chi connectivity index (χ4n) is 3.20. The molecule has 0 unspecified atom stereocenters. The Hall–Kier alpha value is -1.64. The van der Waals surface area contributed by atoms with Crippen LogP contribution in [0, 0.1) is 0 Å². The first-order valence-electron chi connectivity index (χ1n) is 8.09. The van der Waals surface area contributed by atoms with E-state index in [9.17, 15) is 0 Å². The van der Waals surface area contributed by atoms with Gasteiger partial charge in [0.1, 0.15) is 5.82 Å². The zero-order valence-electron chi connectivity index (χ0n) is 13.7. The minimum Gasteiger partial charge on any atom is -0.382 e. The van der Waals surface area contributed by atoms with Gasteiger partial charge in [-0.15, -0.1) is 12.4 Å². The molecule has 2 N–H and O–H groups in total. The Morgan fingerprint density at radius 3 is 2.92 bits per heavy atom. The lowest BCUT2D eigenvalue weighted by Gasteiger charge is -2.22. The van der Waals surface area contributed by atoms with Crippen LogP contribution < -0.4 is 5.73 Å². The van der Waals surface area contributed by atoms with Gasteiger partial charge < -0.3 is 15.0 Å². The summed E-state index contributed by atoms with van der Waals surface area (Å²) >= 11 is 0. The number of rotatable bonds is 6. The summed E-state index contributed by atoms with van der Waals surface area (Å²) in [6, 6.07) is 2.14. The molecule has 3 heterocycles. The van der Waals surface area contributed by atoms with Gasteiger partial charge in [0.25, 0.3) is 0 Å². The minimum absolute atomic E-state index is 0. The summed E-state index contributed by atoms with van der Waals surface area (Å²) in [7, 11) is 1.76. The summed E-state index contributed by atoms with van der Waals surface area (Å²) in [5.74, 6) is 2.59. The maximum Gasteiger partial charge on any atom is 0.229 e. The third-order valence-electron chi connectivity index (χ3n) is 4.64. The molecule has 2 aliphatic rings. The van der Waals surface area contributed by atoms with Crippen LogP contribution in [-0.4, -0.2) is 50.6 Å². The summed E-state index contributed by atoms with van der Waals surface area (Å²) in [5.41, 5.74) is 5.70. The van der Waals surface area contributed by atoms with Crippen molar-refractivity contribution in [2.75, 3.05) is 19.4 Å². The molecule has 2 aromatic heterocycles. The maximum absolute atomic E-state index is 5.70. The normalized spacial score (nSPS) is 24.2. The van der Waals surface area contributed by atoms with Crippen LogP contribution in [0.5, 0.6) is 0 Å². The van der Waals surface area contributed by atoms with Crippen molar-refractivity contribution in [3.8, 4) is 0 Å². The van der Waals surface area contributed by atoms with E-state index in [2.05, 4.69) is 20.1 Å². The number of ether oxygens (including phenoxy) is 1. The van der Waals surface area contributed by atoms with Gasteiger partial charge in [0.15, 0.2) is 5.82 Å². The maximum atomic E-state index is 5.70. The molecule has 0 radical (unpaired) electrons. The summed E-state index contributed by atoms with van der Waals surface area (Å²) in [5, 5.41) is 8.41. The molecular formula is C15H23ClN6O2.